The Balaban J connectivity index is 2.64. The molecule has 1 rings (SSSR count). The molecule has 0 aliphatic carbocycles. The van der Waals surface area contributed by atoms with Gasteiger partial charge in [-0.25, -0.2) is 0 Å². The van der Waals surface area contributed by atoms with Gasteiger partial charge in [-0.3, -0.25) is 9.48 Å². The summed E-state index contributed by atoms with van der Waals surface area (Å²) in [6, 6.07) is 1.95. The van der Waals surface area contributed by atoms with E-state index in [1.165, 1.54) is 11.8 Å². The van der Waals surface area contributed by atoms with Crippen LogP contribution in [0.3, 0.4) is 0 Å². The molecule has 15 heavy (non-hydrogen) atoms. The van der Waals surface area contributed by atoms with Crippen LogP contribution in [-0.4, -0.2) is 29.4 Å². The van der Waals surface area contributed by atoms with Crippen molar-refractivity contribution < 1.29 is 9.53 Å². The molecule has 0 aromatic carbocycles. The highest BCUT2D eigenvalue weighted by atomic mass is 16.5. The molecule has 0 spiro atoms. The van der Waals surface area contributed by atoms with Gasteiger partial charge in [-0.1, -0.05) is 0 Å². The fourth-order valence-corrected chi connectivity index (χ4v) is 1.05. The second-order valence-electron chi connectivity index (χ2n) is 2.97. The van der Waals surface area contributed by atoms with Gasteiger partial charge >= 0.3 is 0 Å². The van der Waals surface area contributed by atoms with Crippen molar-refractivity contribution in [3.8, 4) is 6.07 Å². The van der Waals surface area contributed by atoms with E-state index in [9.17, 15) is 4.79 Å². The molecule has 1 aromatic rings. The summed E-state index contributed by atoms with van der Waals surface area (Å²) in [5, 5.41) is 15.2. The van der Waals surface area contributed by atoms with Crippen LogP contribution in [-0.2, 0) is 16.6 Å². The van der Waals surface area contributed by atoms with Crippen LogP contribution < -0.4 is 5.32 Å². The summed E-state index contributed by atoms with van der Waals surface area (Å²) >= 11 is 0. The van der Waals surface area contributed by atoms with E-state index in [4.69, 9.17) is 10.00 Å². The van der Waals surface area contributed by atoms with Gasteiger partial charge in [0.25, 0.3) is 0 Å². The minimum atomic E-state index is -0.216. The van der Waals surface area contributed by atoms with Crippen LogP contribution in [0.2, 0.25) is 0 Å². The number of carbonyl (C=O) groups is 1. The number of nitrogens with one attached hydrogen (secondary N) is 1. The number of hydrogen-bond acceptors (Lipinski definition) is 4. The van der Waals surface area contributed by atoms with E-state index in [0.29, 0.717) is 18.0 Å². The predicted molar refractivity (Wildman–Crippen MR) is 53.0 cm³/mol. The first-order valence-electron chi connectivity index (χ1n) is 4.40. The average Bonchev–Trinajstić information content (AvgIpc) is 2.55. The van der Waals surface area contributed by atoms with Gasteiger partial charge in [-0.2, -0.15) is 10.4 Å². The molecular formula is C9H12N4O2. The molecule has 0 saturated heterocycles. The van der Waals surface area contributed by atoms with Crippen LogP contribution in [0.15, 0.2) is 6.20 Å². The first kappa shape index (κ1) is 11.2. The largest absolute Gasteiger partial charge is 0.384 e. The Morgan fingerprint density at radius 3 is 3.13 bits per heavy atom. The van der Waals surface area contributed by atoms with Crippen molar-refractivity contribution in [1.82, 2.24) is 9.78 Å². The zero-order valence-electron chi connectivity index (χ0n) is 8.65. The zero-order chi connectivity index (χ0) is 11.3. The van der Waals surface area contributed by atoms with Gasteiger partial charge in [-0.15, -0.1) is 0 Å². The molecule has 0 radical (unpaired) electrons. The van der Waals surface area contributed by atoms with Crippen LogP contribution in [0.1, 0.15) is 12.0 Å². The molecule has 80 valence electrons. The second-order valence-corrected chi connectivity index (χ2v) is 2.97. The van der Waals surface area contributed by atoms with E-state index in [2.05, 4.69) is 10.4 Å². The highest BCUT2D eigenvalue weighted by Gasteiger charge is 2.10. The number of ether oxygens (including phenoxy) is 1. The Morgan fingerprint density at radius 1 is 1.80 bits per heavy atom. The predicted octanol–water partition coefficient (Wildman–Crippen LogP) is 0.267. The lowest BCUT2D eigenvalue weighted by Gasteiger charge is -2.00. The lowest BCUT2D eigenvalue weighted by atomic mass is 10.3. The molecule has 0 aliphatic rings. The zero-order valence-corrected chi connectivity index (χ0v) is 8.65. The third-order valence-electron chi connectivity index (χ3n) is 1.74. The lowest BCUT2D eigenvalue weighted by molar-refractivity contribution is -0.117. The summed E-state index contributed by atoms with van der Waals surface area (Å²) in [4.78, 5) is 11.3. The SMILES string of the molecule is COCCC(=O)Nc1nn(C)cc1C#N. The lowest BCUT2D eigenvalue weighted by Crippen LogP contribution is -2.14. The maximum absolute atomic E-state index is 11.3. The van der Waals surface area contributed by atoms with Gasteiger partial charge in [0.1, 0.15) is 11.6 Å². The third-order valence-corrected chi connectivity index (χ3v) is 1.74. The molecule has 0 atom stereocenters. The summed E-state index contributed by atoms with van der Waals surface area (Å²) < 4.78 is 6.24. The summed E-state index contributed by atoms with van der Waals surface area (Å²) in [6.07, 6.45) is 1.80. The molecule has 0 fully saturated rings. The van der Waals surface area contributed by atoms with Gasteiger partial charge in [0.2, 0.25) is 5.91 Å². The summed E-state index contributed by atoms with van der Waals surface area (Å²) in [5.74, 6) is 0.0770. The fourth-order valence-electron chi connectivity index (χ4n) is 1.05. The Bertz CT molecular complexity index is 391. The number of aryl methyl sites for hydroxylation is 1. The van der Waals surface area contributed by atoms with E-state index in [1.54, 1.807) is 13.2 Å². The number of nitrogens with zero attached hydrogens (tertiary/aromatic N) is 3. The molecule has 0 bridgehead atoms. The van der Waals surface area contributed by atoms with E-state index in [-0.39, 0.29) is 12.3 Å². The summed E-state index contributed by atoms with van der Waals surface area (Å²) in [7, 11) is 3.21. The summed E-state index contributed by atoms with van der Waals surface area (Å²) in [5.41, 5.74) is 0.350. The number of carbonyl (C=O) groups excluding carboxylic acids is 1. The van der Waals surface area contributed by atoms with Crippen molar-refractivity contribution in [3.05, 3.63) is 11.8 Å². The molecule has 6 heteroatoms. The average molecular weight is 208 g/mol. The van der Waals surface area contributed by atoms with Gasteiger partial charge in [-0.05, 0) is 0 Å². The molecule has 0 unspecified atom stereocenters. The number of methoxy groups -OCH3 is 1. The van der Waals surface area contributed by atoms with Gasteiger partial charge in [0, 0.05) is 20.4 Å². The van der Waals surface area contributed by atoms with E-state index < -0.39 is 0 Å². The molecule has 1 heterocycles. The van der Waals surface area contributed by atoms with Gasteiger partial charge in [0.05, 0.1) is 13.0 Å². The number of aromatic nitrogens is 2. The smallest absolute Gasteiger partial charge is 0.227 e. The van der Waals surface area contributed by atoms with E-state index >= 15 is 0 Å². The Morgan fingerprint density at radius 2 is 2.53 bits per heavy atom. The van der Waals surface area contributed by atoms with Crippen LogP contribution in [0.4, 0.5) is 5.82 Å². The molecular weight excluding hydrogens is 196 g/mol. The van der Waals surface area contributed by atoms with Crippen LogP contribution >= 0.6 is 0 Å². The highest BCUT2D eigenvalue weighted by Crippen LogP contribution is 2.10. The van der Waals surface area contributed by atoms with E-state index in [1.807, 2.05) is 6.07 Å². The maximum atomic E-state index is 11.3. The van der Waals surface area contributed by atoms with Crippen LogP contribution in [0.25, 0.3) is 0 Å². The van der Waals surface area contributed by atoms with Crippen molar-refractivity contribution >= 4 is 11.7 Å². The Labute approximate surface area is 87.4 Å². The Hall–Kier alpha value is -1.87. The number of rotatable bonds is 4. The van der Waals surface area contributed by atoms with Crippen molar-refractivity contribution in [3.63, 3.8) is 0 Å². The molecule has 1 aromatic heterocycles. The molecule has 1 amide bonds. The molecule has 1 N–H and O–H groups in total. The first-order chi connectivity index (χ1) is 7.17. The first-order valence-corrected chi connectivity index (χ1v) is 4.40. The van der Waals surface area contributed by atoms with E-state index in [0.717, 1.165) is 0 Å². The minimum absolute atomic E-state index is 0.216. The molecule has 6 nitrogen and oxygen atoms in total. The number of amides is 1. The van der Waals surface area contributed by atoms with Crippen molar-refractivity contribution in [1.29, 1.82) is 5.26 Å². The van der Waals surface area contributed by atoms with Gasteiger partial charge < -0.3 is 10.1 Å². The van der Waals surface area contributed by atoms with Crippen LogP contribution in [0.5, 0.6) is 0 Å². The molecule has 0 saturated carbocycles. The van der Waals surface area contributed by atoms with Crippen LogP contribution in [0, 0.1) is 11.3 Å². The number of anilines is 1. The highest BCUT2D eigenvalue weighted by molar-refractivity contribution is 5.90. The van der Waals surface area contributed by atoms with Crippen molar-refractivity contribution in [2.24, 2.45) is 7.05 Å². The quantitative estimate of drug-likeness (QED) is 0.770. The topological polar surface area (TPSA) is 79.9 Å². The van der Waals surface area contributed by atoms with Gasteiger partial charge in [0.15, 0.2) is 5.82 Å². The normalized spacial score (nSPS) is 9.67. The Kier molecular flexibility index (Phi) is 3.83. The second kappa shape index (κ2) is 5.12. The third kappa shape index (κ3) is 3.07. The number of nitriles is 1. The number of hydrogen-bond donors (Lipinski definition) is 1. The van der Waals surface area contributed by atoms with Crippen molar-refractivity contribution in [2.75, 3.05) is 19.0 Å². The summed E-state index contributed by atoms with van der Waals surface area (Å²) in [6.45, 7) is 0.348. The maximum Gasteiger partial charge on any atom is 0.227 e. The monoisotopic (exact) mass is 208 g/mol. The fraction of sp³-hybridized carbons (Fsp3) is 0.444. The minimum Gasteiger partial charge on any atom is -0.384 e. The van der Waals surface area contributed by atoms with Crippen molar-refractivity contribution in [2.45, 2.75) is 6.42 Å². The standard InChI is InChI=1S/C9H12N4O2/c1-13-6-7(5-10)9(12-13)11-8(14)3-4-15-2/h6H,3-4H2,1-2H3,(H,11,12,14). The molecule has 0 aliphatic heterocycles.